The van der Waals surface area contributed by atoms with Crippen molar-refractivity contribution in [3.63, 3.8) is 0 Å². The van der Waals surface area contributed by atoms with Crippen LogP contribution in [0.2, 0.25) is 0 Å². The number of hydrogen-bond acceptors (Lipinski definition) is 5. The first-order chi connectivity index (χ1) is 15.2. The minimum atomic E-state index is -0.473. The van der Waals surface area contributed by atoms with E-state index in [1.165, 1.54) is 17.7 Å². The molecule has 0 saturated carbocycles. The number of alkyl carbamates (subject to hydrolysis) is 1. The minimum Gasteiger partial charge on any atom is -0.444 e. The summed E-state index contributed by atoms with van der Waals surface area (Å²) in [5, 5.41) is 10.9. The van der Waals surface area contributed by atoms with Gasteiger partial charge in [-0.25, -0.2) is 9.18 Å². The van der Waals surface area contributed by atoms with Gasteiger partial charge in [-0.1, -0.05) is 12.1 Å². The van der Waals surface area contributed by atoms with Gasteiger partial charge in [0.1, 0.15) is 11.4 Å². The van der Waals surface area contributed by atoms with Crippen molar-refractivity contribution < 1.29 is 13.9 Å². The fourth-order valence-electron chi connectivity index (χ4n) is 4.10. The number of amides is 1. The van der Waals surface area contributed by atoms with Crippen molar-refractivity contribution in [3.05, 3.63) is 58.0 Å². The average Bonchev–Trinajstić information content (AvgIpc) is 3.26. The van der Waals surface area contributed by atoms with Crippen LogP contribution in [0, 0.1) is 5.82 Å². The number of carbonyl (C=O) groups is 1. The lowest BCUT2D eigenvalue weighted by molar-refractivity contribution is 0.0520. The van der Waals surface area contributed by atoms with Gasteiger partial charge in [0, 0.05) is 18.6 Å². The number of ether oxygens (including phenoxy) is 1. The zero-order chi connectivity index (χ0) is 23.1. The summed E-state index contributed by atoms with van der Waals surface area (Å²) in [6.07, 6.45) is 2.66. The standard InChI is InChI=1S/C25H36FN3O2S/c1-18(9-13-27-24(30)31-25(2,3)4)29-14-10-22(11-15-29)28-23(20-12-16-32-17-20)19-5-7-21(26)8-6-19/h5-8,12,16-18,22-23,28H,9-11,13-15H2,1-4H3,(H,27,30)/t18-,23?/m1/s1. The third kappa shape index (κ3) is 7.57. The summed E-state index contributed by atoms with van der Waals surface area (Å²) >= 11 is 1.68. The number of benzene rings is 1. The smallest absolute Gasteiger partial charge is 0.407 e. The molecular formula is C25H36FN3O2S. The second-order valence-corrected chi connectivity index (χ2v) is 10.4. The van der Waals surface area contributed by atoms with Gasteiger partial charge in [0.2, 0.25) is 0 Å². The molecule has 5 nitrogen and oxygen atoms in total. The number of carbonyl (C=O) groups excluding carboxylic acids is 1. The lowest BCUT2D eigenvalue weighted by Crippen LogP contribution is -2.47. The molecule has 1 aromatic heterocycles. The summed E-state index contributed by atoms with van der Waals surface area (Å²) in [5.41, 5.74) is 1.85. The van der Waals surface area contributed by atoms with Crippen LogP contribution in [-0.2, 0) is 4.74 Å². The average molecular weight is 462 g/mol. The molecule has 2 aromatic rings. The van der Waals surface area contributed by atoms with Crippen LogP contribution in [0.25, 0.3) is 0 Å². The molecule has 32 heavy (non-hydrogen) atoms. The van der Waals surface area contributed by atoms with E-state index >= 15 is 0 Å². The Bertz CT molecular complexity index is 828. The van der Waals surface area contributed by atoms with Crippen LogP contribution in [0.4, 0.5) is 9.18 Å². The van der Waals surface area contributed by atoms with Gasteiger partial charge >= 0.3 is 6.09 Å². The van der Waals surface area contributed by atoms with Gasteiger partial charge in [-0.05, 0) is 100 Å². The fraction of sp³-hybridized carbons (Fsp3) is 0.560. The molecule has 0 bridgehead atoms. The SMILES string of the molecule is C[C@H](CCNC(=O)OC(C)(C)C)N1CCC(NC(c2ccc(F)cc2)c2ccsc2)CC1. The first-order valence-electron chi connectivity index (χ1n) is 11.5. The molecule has 2 N–H and O–H groups in total. The van der Waals surface area contributed by atoms with Crippen molar-refractivity contribution >= 4 is 17.4 Å². The van der Waals surface area contributed by atoms with Crippen LogP contribution in [0.15, 0.2) is 41.1 Å². The zero-order valence-corrected chi connectivity index (χ0v) is 20.4. The lowest BCUT2D eigenvalue weighted by Gasteiger charge is -2.38. The molecule has 176 valence electrons. The first-order valence-corrected chi connectivity index (χ1v) is 12.4. The van der Waals surface area contributed by atoms with Gasteiger partial charge in [-0.2, -0.15) is 11.3 Å². The Morgan fingerprint density at radius 1 is 1.19 bits per heavy atom. The lowest BCUT2D eigenvalue weighted by atomic mass is 9.96. The molecule has 1 unspecified atom stereocenters. The highest BCUT2D eigenvalue weighted by molar-refractivity contribution is 7.08. The second kappa shape index (κ2) is 11.3. The molecule has 3 rings (SSSR count). The van der Waals surface area contributed by atoms with Crippen LogP contribution >= 0.6 is 11.3 Å². The van der Waals surface area contributed by atoms with E-state index in [0.717, 1.165) is 37.9 Å². The van der Waals surface area contributed by atoms with E-state index in [4.69, 9.17) is 4.74 Å². The van der Waals surface area contributed by atoms with Crippen molar-refractivity contribution in [2.75, 3.05) is 19.6 Å². The van der Waals surface area contributed by atoms with Crippen molar-refractivity contribution in [1.29, 1.82) is 0 Å². The molecule has 1 amide bonds. The van der Waals surface area contributed by atoms with Crippen molar-refractivity contribution in [1.82, 2.24) is 15.5 Å². The van der Waals surface area contributed by atoms with E-state index in [0.29, 0.717) is 18.6 Å². The molecule has 2 heterocycles. The number of rotatable bonds is 8. The molecule has 1 aromatic carbocycles. The highest BCUT2D eigenvalue weighted by Crippen LogP contribution is 2.27. The van der Waals surface area contributed by atoms with E-state index in [-0.39, 0.29) is 18.0 Å². The van der Waals surface area contributed by atoms with Gasteiger partial charge in [0.15, 0.2) is 0 Å². The monoisotopic (exact) mass is 461 g/mol. The first kappa shape index (κ1) is 24.7. The normalized spacial score (nSPS) is 17.7. The van der Waals surface area contributed by atoms with Crippen molar-refractivity contribution in [2.24, 2.45) is 0 Å². The molecule has 1 aliphatic rings. The predicted octanol–water partition coefficient (Wildman–Crippen LogP) is 5.33. The summed E-state index contributed by atoms with van der Waals surface area (Å²) in [6.45, 7) is 10.5. The maximum atomic E-state index is 13.4. The Balaban J connectivity index is 1.47. The van der Waals surface area contributed by atoms with Crippen LogP contribution in [0.1, 0.15) is 64.1 Å². The Labute approximate surface area is 195 Å². The summed E-state index contributed by atoms with van der Waals surface area (Å²) in [6, 6.07) is 9.84. The molecule has 1 fully saturated rings. The maximum absolute atomic E-state index is 13.4. The number of nitrogens with zero attached hydrogens (tertiary/aromatic N) is 1. The zero-order valence-electron chi connectivity index (χ0n) is 19.6. The Kier molecular flexibility index (Phi) is 8.68. The second-order valence-electron chi connectivity index (χ2n) is 9.58. The highest BCUT2D eigenvalue weighted by Gasteiger charge is 2.26. The van der Waals surface area contributed by atoms with Gasteiger partial charge in [-0.15, -0.1) is 0 Å². The molecular weight excluding hydrogens is 425 g/mol. The number of nitrogens with one attached hydrogen (secondary N) is 2. The quantitative estimate of drug-likeness (QED) is 0.558. The number of likely N-dealkylation sites (tertiary alicyclic amines) is 1. The summed E-state index contributed by atoms with van der Waals surface area (Å²) in [7, 11) is 0. The van der Waals surface area contributed by atoms with Crippen molar-refractivity contribution in [2.45, 2.75) is 70.7 Å². The Morgan fingerprint density at radius 3 is 2.47 bits per heavy atom. The molecule has 1 aliphatic heterocycles. The Hall–Kier alpha value is -1.96. The van der Waals surface area contributed by atoms with Crippen LogP contribution < -0.4 is 10.6 Å². The fourth-order valence-corrected chi connectivity index (χ4v) is 4.79. The number of hydrogen-bond donors (Lipinski definition) is 2. The summed E-state index contributed by atoms with van der Waals surface area (Å²) in [4.78, 5) is 14.3. The van der Waals surface area contributed by atoms with Crippen LogP contribution in [0.5, 0.6) is 0 Å². The van der Waals surface area contributed by atoms with E-state index in [9.17, 15) is 9.18 Å². The van der Waals surface area contributed by atoms with E-state index in [1.54, 1.807) is 11.3 Å². The van der Waals surface area contributed by atoms with E-state index in [2.05, 4.69) is 39.3 Å². The van der Waals surface area contributed by atoms with E-state index in [1.807, 2.05) is 32.9 Å². The highest BCUT2D eigenvalue weighted by atomic mass is 32.1. The predicted molar refractivity (Wildman–Crippen MR) is 129 cm³/mol. The minimum absolute atomic E-state index is 0.0776. The van der Waals surface area contributed by atoms with Crippen molar-refractivity contribution in [3.8, 4) is 0 Å². The molecule has 0 spiro atoms. The number of thiophene rings is 1. The summed E-state index contributed by atoms with van der Waals surface area (Å²) < 4.78 is 18.7. The van der Waals surface area contributed by atoms with Crippen LogP contribution in [0.3, 0.4) is 0 Å². The van der Waals surface area contributed by atoms with Gasteiger partial charge in [0.05, 0.1) is 6.04 Å². The molecule has 7 heteroatoms. The molecule has 0 aliphatic carbocycles. The number of halogens is 1. The van der Waals surface area contributed by atoms with Gasteiger partial charge in [-0.3, -0.25) is 0 Å². The van der Waals surface area contributed by atoms with Gasteiger partial charge in [0.25, 0.3) is 0 Å². The third-order valence-corrected chi connectivity index (χ3v) is 6.57. The van der Waals surface area contributed by atoms with Gasteiger partial charge < -0.3 is 20.3 Å². The largest absolute Gasteiger partial charge is 0.444 e. The summed E-state index contributed by atoms with van der Waals surface area (Å²) in [5.74, 6) is -0.207. The number of piperidine rings is 1. The van der Waals surface area contributed by atoms with Crippen LogP contribution in [-0.4, -0.2) is 48.3 Å². The third-order valence-electron chi connectivity index (χ3n) is 5.87. The van der Waals surface area contributed by atoms with E-state index < -0.39 is 5.60 Å². The molecule has 1 saturated heterocycles. The Morgan fingerprint density at radius 2 is 1.88 bits per heavy atom. The topological polar surface area (TPSA) is 53.6 Å². The molecule has 2 atom stereocenters. The molecule has 0 radical (unpaired) electrons. The maximum Gasteiger partial charge on any atom is 0.407 e.